The minimum Gasteiger partial charge on any atom is -0.465 e. The molecule has 16 heavy (non-hydrogen) atoms. The predicted octanol–water partition coefficient (Wildman–Crippen LogP) is 0.966. The molecular formula is C12H24N2O2. The first-order chi connectivity index (χ1) is 7.69. The Morgan fingerprint density at radius 2 is 1.88 bits per heavy atom. The molecule has 0 saturated carbocycles. The molecule has 1 atom stereocenters. The number of nitrogens with zero attached hydrogens (tertiary/aromatic N) is 2. The first-order valence-corrected chi connectivity index (χ1v) is 6.32. The number of esters is 1. The summed E-state index contributed by atoms with van der Waals surface area (Å²) in [5.74, 6) is -0.0913. The van der Waals surface area contributed by atoms with E-state index in [0.29, 0.717) is 6.61 Å². The number of piperazine rings is 1. The van der Waals surface area contributed by atoms with Crippen molar-refractivity contribution in [3.05, 3.63) is 0 Å². The third-order valence-corrected chi connectivity index (χ3v) is 3.12. The van der Waals surface area contributed by atoms with Crippen LogP contribution in [-0.4, -0.2) is 61.1 Å². The third-order valence-electron chi connectivity index (χ3n) is 3.12. The van der Waals surface area contributed by atoms with Crippen LogP contribution in [0.15, 0.2) is 0 Å². The highest BCUT2D eigenvalue weighted by molar-refractivity contribution is 5.75. The predicted molar refractivity (Wildman–Crippen MR) is 64.4 cm³/mol. The summed E-state index contributed by atoms with van der Waals surface area (Å²) in [5, 5.41) is 0. The Labute approximate surface area is 98.5 Å². The van der Waals surface area contributed by atoms with Crippen molar-refractivity contribution in [1.82, 2.24) is 9.80 Å². The van der Waals surface area contributed by atoms with Gasteiger partial charge in [-0.05, 0) is 26.8 Å². The van der Waals surface area contributed by atoms with Crippen molar-refractivity contribution in [2.75, 3.05) is 39.3 Å². The Hall–Kier alpha value is -0.610. The zero-order valence-electron chi connectivity index (χ0n) is 10.7. The van der Waals surface area contributed by atoms with Gasteiger partial charge in [0.2, 0.25) is 0 Å². The number of rotatable bonds is 5. The molecule has 1 aliphatic rings. The average Bonchev–Trinajstić information content (AvgIpc) is 2.30. The number of hydrogen-bond donors (Lipinski definition) is 0. The van der Waals surface area contributed by atoms with E-state index < -0.39 is 0 Å². The summed E-state index contributed by atoms with van der Waals surface area (Å²) in [7, 11) is 0. The second-order valence-corrected chi connectivity index (χ2v) is 4.31. The minimum absolute atomic E-state index is 0.0913. The zero-order chi connectivity index (χ0) is 12.0. The topological polar surface area (TPSA) is 32.8 Å². The van der Waals surface area contributed by atoms with E-state index >= 15 is 0 Å². The largest absolute Gasteiger partial charge is 0.465 e. The van der Waals surface area contributed by atoms with Crippen LogP contribution in [-0.2, 0) is 9.53 Å². The monoisotopic (exact) mass is 228 g/mol. The van der Waals surface area contributed by atoms with Gasteiger partial charge < -0.3 is 9.64 Å². The summed E-state index contributed by atoms with van der Waals surface area (Å²) in [6.07, 6.45) is 1.20. The normalized spacial score (nSPS) is 20.7. The van der Waals surface area contributed by atoms with Crippen molar-refractivity contribution < 1.29 is 9.53 Å². The van der Waals surface area contributed by atoms with Gasteiger partial charge in [0, 0.05) is 26.2 Å². The van der Waals surface area contributed by atoms with Gasteiger partial charge in [0.15, 0.2) is 0 Å². The summed E-state index contributed by atoms with van der Waals surface area (Å²) < 4.78 is 5.04. The van der Waals surface area contributed by atoms with Gasteiger partial charge in [0.1, 0.15) is 6.04 Å². The number of hydrogen-bond acceptors (Lipinski definition) is 4. The van der Waals surface area contributed by atoms with Crippen LogP contribution in [0, 0.1) is 0 Å². The SMILES string of the molecule is CCCN1CCN(C(C)C(=O)OCC)CC1. The van der Waals surface area contributed by atoms with Crippen LogP contribution < -0.4 is 0 Å². The molecule has 1 heterocycles. The molecule has 0 amide bonds. The van der Waals surface area contributed by atoms with Crippen LogP contribution in [0.25, 0.3) is 0 Å². The molecule has 1 rings (SSSR count). The highest BCUT2D eigenvalue weighted by Gasteiger charge is 2.25. The van der Waals surface area contributed by atoms with Gasteiger partial charge in [-0.25, -0.2) is 0 Å². The van der Waals surface area contributed by atoms with E-state index in [1.165, 1.54) is 13.0 Å². The maximum atomic E-state index is 11.6. The number of carbonyl (C=O) groups excluding carboxylic acids is 1. The van der Waals surface area contributed by atoms with Crippen LogP contribution >= 0.6 is 0 Å². The van der Waals surface area contributed by atoms with E-state index in [2.05, 4.69) is 16.7 Å². The Balaban J connectivity index is 2.32. The Kier molecular flexibility index (Phi) is 5.77. The summed E-state index contributed by atoms with van der Waals surface area (Å²) >= 11 is 0. The fourth-order valence-corrected chi connectivity index (χ4v) is 2.10. The van der Waals surface area contributed by atoms with Crippen molar-refractivity contribution >= 4 is 5.97 Å². The van der Waals surface area contributed by atoms with E-state index in [9.17, 15) is 4.79 Å². The maximum Gasteiger partial charge on any atom is 0.323 e. The molecule has 1 aliphatic heterocycles. The highest BCUT2D eigenvalue weighted by Crippen LogP contribution is 2.08. The zero-order valence-corrected chi connectivity index (χ0v) is 10.7. The molecule has 4 heteroatoms. The number of ether oxygens (including phenoxy) is 1. The van der Waals surface area contributed by atoms with E-state index in [-0.39, 0.29) is 12.0 Å². The van der Waals surface area contributed by atoms with Gasteiger partial charge in [0.25, 0.3) is 0 Å². The molecule has 0 aromatic heterocycles. The molecular weight excluding hydrogens is 204 g/mol. The minimum atomic E-state index is -0.0938. The molecule has 1 unspecified atom stereocenters. The Bertz CT molecular complexity index is 213. The first-order valence-electron chi connectivity index (χ1n) is 6.32. The molecule has 1 fully saturated rings. The van der Waals surface area contributed by atoms with Crippen molar-refractivity contribution in [3.8, 4) is 0 Å². The van der Waals surface area contributed by atoms with Gasteiger partial charge in [0.05, 0.1) is 6.61 Å². The van der Waals surface area contributed by atoms with E-state index in [0.717, 1.165) is 26.2 Å². The lowest BCUT2D eigenvalue weighted by Crippen LogP contribution is -2.52. The lowest BCUT2D eigenvalue weighted by atomic mass is 10.2. The van der Waals surface area contributed by atoms with Crippen LogP contribution in [0.4, 0.5) is 0 Å². The second-order valence-electron chi connectivity index (χ2n) is 4.31. The van der Waals surface area contributed by atoms with Crippen molar-refractivity contribution in [2.45, 2.75) is 33.2 Å². The Morgan fingerprint density at radius 1 is 1.25 bits per heavy atom. The van der Waals surface area contributed by atoms with E-state index in [4.69, 9.17) is 4.74 Å². The molecule has 0 aliphatic carbocycles. The fourth-order valence-electron chi connectivity index (χ4n) is 2.10. The third kappa shape index (κ3) is 3.76. The van der Waals surface area contributed by atoms with Crippen LogP contribution in [0.5, 0.6) is 0 Å². The molecule has 0 aromatic rings. The highest BCUT2D eigenvalue weighted by atomic mass is 16.5. The summed E-state index contributed by atoms with van der Waals surface area (Å²) in [6.45, 7) is 11.7. The molecule has 1 saturated heterocycles. The van der Waals surface area contributed by atoms with Crippen LogP contribution in [0.2, 0.25) is 0 Å². The molecule has 0 spiro atoms. The standard InChI is InChI=1S/C12H24N2O2/c1-4-6-13-7-9-14(10-8-13)11(3)12(15)16-5-2/h11H,4-10H2,1-3H3. The Morgan fingerprint density at radius 3 is 2.38 bits per heavy atom. The van der Waals surface area contributed by atoms with Crippen molar-refractivity contribution in [3.63, 3.8) is 0 Å². The molecule has 94 valence electrons. The quantitative estimate of drug-likeness (QED) is 0.656. The van der Waals surface area contributed by atoms with Gasteiger partial charge in [-0.3, -0.25) is 9.69 Å². The molecule has 0 bridgehead atoms. The average molecular weight is 228 g/mol. The first kappa shape index (κ1) is 13.5. The van der Waals surface area contributed by atoms with E-state index in [1.807, 2.05) is 13.8 Å². The molecule has 0 radical (unpaired) electrons. The summed E-state index contributed by atoms with van der Waals surface area (Å²) in [5.41, 5.74) is 0. The maximum absolute atomic E-state index is 11.6. The van der Waals surface area contributed by atoms with Crippen LogP contribution in [0.1, 0.15) is 27.2 Å². The fraction of sp³-hybridized carbons (Fsp3) is 0.917. The lowest BCUT2D eigenvalue weighted by Gasteiger charge is -2.36. The van der Waals surface area contributed by atoms with Crippen LogP contribution in [0.3, 0.4) is 0 Å². The van der Waals surface area contributed by atoms with Gasteiger partial charge >= 0.3 is 5.97 Å². The second kappa shape index (κ2) is 6.86. The summed E-state index contributed by atoms with van der Waals surface area (Å²) in [6, 6.07) is -0.0938. The smallest absolute Gasteiger partial charge is 0.323 e. The van der Waals surface area contributed by atoms with Crippen molar-refractivity contribution in [2.24, 2.45) is 0 Å². The molecule has 4 nitrogen and oxygen atoms in total. The van der Waals surface area contributed by atoms with Crippen molar-refractivity contribution in [1.29, 1.82) is 0 Å². The van der Waals surface area contributed by atoms with Gasteiger partial charge in [-0.15, -0.1) is 0 Å². The summed E-state index contributed by atoms with van der Waals surface area (Å²) in [4.78, 5) is 16.2. The number of carbonyl (C=O) groups is 1. The lowest BCUT2D eigenvalue weighted by molar-refractivity contribution is -0.149. The van der Waals surface area contributed by atoms with E-state index in [1.54, 1.807) is 0 Å². The molecule has 0 aromatic carbocycles. The van der Waals surface area contributed by atoms with Gasteiger partial charge in [-0.1, -0.05) is 6.92 Å². The molecule has 0 N–H and O–H groups in total. The van der Waals surface area contributed by atoms with Gasteiger partial charge in [-0.2, -0.15) is 0 Å².